The summed E-state index contributed by atoms with van der Waals surface area (Å²) < 4.78 is 5.00. The number of ether oxygens (including phenoxy) is 1. The van der Waals surface area contributed by atoms with E-state index in [0.717, 1.165) is 24.2 Å². The molecule has 1 aromatic heterocycles. The zero-order valence-electron chi connectivity index (χ0n) is 11.8. The molecule has 0 saturated heterocycles. The Labute approximate surface area is 123 Å². The average molecular weight is 283 g/mol. The Hall–Kier alpha value is -2.56. The van der Waals surface area contributed by atoms with Gasteiger partial charge in [0.1, 0.15) is 0 Å². The number of carbonyl (C=O) groups excluding carboxylic acids is 1. The predicted octanol–water partition coefficient (Wildman–Crippen LogP) is 2.63. The monoisotopic (exact) mass is 283 g/mol. The summed E-state index contributed by atoms with van der Waals surface area (Å²) in [4.78, 5) is 16.6. The summed E-state index contributed by atoms with van der Waals surface area (Å²) in [5.74, 6) is 0.390. The van der Waals surface area contributed by atoms with Crippen LogP contribution in [0.25, 0.3) is 0 Å². The Kier molecular flexibility index (Phi) is 3.73. The van der Waals surface area contributed by atoms with Crippen molar-refractivity contribution < 1.29 is 9.53 Å². The van der Waals surface area contributed by atoms with Crippen LogP contribution in [0, 0.1) is 0 Å². The number of nitrogens with zero attached hydrogens (tertiary/aromatic N) is 1. The average Bonchev–Trinajstić information content (AvgIpc) is 2.55. The van der Waals surface area contributed by atoms with Crippen LogP contribution in [0.3, 0.4) is 0 Å². The minimum absolute atomic E-state index is 0.00378. The van der Waals surface area contributed by atoms with E-state index in [4.69, 9.17) is 4.74 Å². The summed E-state index contributed by atoms with van der Waals surface area (Å²) in [7, 11) is 1.56. The van der Waals surface area contributed by atoms with Crippen LogP contribution in [0.1, 0.15) is 17.9 Å². The minimum Gasteiger partial charge on any atom is -0.481 e. The van der Waals surface area contributed by atoms with Crippen LogP contribution >= 0.6 is 0 Å². The number of pyridine rings is 1. The highest BCUT2D eigenvalue weighted by molar-refractivity contribution is 5.97. The molecule has 0 aliphatic carbocycles. The molecule has 5 nitrogen and oxygen atoms in total. The van der Waals surface area contributed by atoms with Crippen LogP contribution in [0.5, 0.6) is 5.88 Å². The molecule has 1 aromatic carbocycles. The van der Waals surface area contributed by atoms with E-state index in [1.165, 1.54) is 0 Å². The zero-order valence-corrected chi connectivity index (χ0v) is 11.8. The number of para-hydroxylation sites is 1. The number of hydrogen-bond acceptors (Lipinski definition) is 4. The summed E-state index contributed by atoms with van der Waals surface area (Å²) in [6, 6.07) is 11.4. The first kappa shape index (κ1) is 13.4. The number of nitrogens with one attached hydrogen (secondary N) is 2. The lowest BCUT2D eigenvalue weighted by Crippen LogP contribution is -2.27. The van der Waals surface area contributed by atoms with Crippen molar-refractivity contribution in [2.45, 2.75) is 12.3 Å². The van der Waals surface area contributed by atoms with Crippen molar-refractivity contribution in [1.29, 1.82) is 0 Å². The SMILES string of the molecule is COc1ccc(NC(=O)C2CCNc3ccccc32)cn1. The Morgan fingerprint density at radius 1 is 1.33 bits per heavy atom. The summed E-state index contributed by atoms with van der Waals surface area (Å²) in [5.41, 5.74) is 2.76. The highest BCUT2D eigenvalue weighted by atomic mass is 16.5. The van der Waals surface area contributed by atoms with Crippen molar-refractivity contribution in [3.05, 3.63) is 48.2 Å². The van der Waals surface area contributed by atoms with Gasteiger partial charge in [-0.15, -0.1) is 0 Å². The fourth-order valence-electron chi connectivity index (χ4n) is 2.55. The van der Waals surface area contributed by atoms with Crippen LogP contribution in [0.2, 0.25) is 0 Å². The summed E-state index contributed by atoms with van der Waals surface area (Å²) in [5, 5.41) is 6.24. The number of fused-ring (bicyclic) bond motifs is 1. The Bertz CT molecular complexity index is 640. The molecule has 0 saturated carbocycles. The summed E-state index contributed by atoms with van der Waals surface area (Å²) in [6.45, 7) is 0.802. The van der Waals surface area contributed by atoms with E-state index in [2.05, 4.69) is 15.6 Å². The van der Waals surface area contributed by atoms with E-state index in [1.807, 2.05) is 24.3 Å². The second-order valence-electron chi connectivity index (χ2n) is 4.93. The molecule has 108 valence electrons. The molecule has 21 heavy (non-hydrogen) atoms. The Morgan fingerprint density at radius 3 is 2.95 bits per heavy atom. The van der Waals surface area contributed by atoms with E-state index in [0.29, 0.717) is 11.6 Å². The fraction of sp³-hybridized carbons (Fsp3) is 0.250. The van der Waals surface area contributed by atoms with Gasteiger partial charge in [-0.05, 0) is 24.1 Å². The van der Waals surface area contributed by atoms with Gasteiger partial charge in [0.05, 0.1) is 24.9 Å². The van der Waals surface area contributed by atoms with Crippen molar-refractivity contribution in [3.63, 3.8) is 0 Å². The van der Waals surface area contributed by atoms with Crippen molar-refractivity contribution in [2.75, 3.05) is 24.3 Å². The Morgan fingerprint density at radius 2 is 2.19 bits per heavy atom. The maximum absolute atomic E-state index is 12.5. The Balaban J connectivity index is 1.76. The predicted molar refractivity (Wildman–Crippen MR) is 81.7 cm³/mol. The van der Waals surface area contributed by atoms with E-state index in [1.54, 1.807) is 25.4 Å². The van der Waals surface area contributed by atoms with Crippen LogP contribution in [-0.4, -0.2) is 24.5 Å². The van der Waals surface area contributed by atoms with Crippen molar-refractivity contribution >= 4 is 17.3 Å². The van der Waals surface area contributed by atoms with Gasteiger partial charge in [-0.2, -0.15) is 0 Å². The molecule has 1 aliphatic rings. The van der Waals surface area contributed by atoms with Gasteiger partial charge >= 0.3 is 0 Å². The molecule has 0 radical (unpaired) electrons. The molecule has 0 fully saturated rings. The molecule has 5 heteroatoms. The molecule has 1 unspecified atom stereocenters. The molecule has 2 N–H and O–H groups in total. The van der Waals surface area contributed by atoms with Gasteiger partial charge in [0.15, 0.2) is 0 Å². The van der Waals surface area contributed by atoms with Gasteiger partial charge in [-0.25, -0.2) is 4.98 Å². The number of hydrogen-bond donors (Lipinski definition) is 2. The smallest absolute Gasteiger partial charge is 0.232 e. The van der Waals surface area contributed by atoms with Gasteiger partial charge < -0.3 is 15.4 Å². The maximum atomic E-state index is 12.5. The number of rotatable bonds is 3. The van der Waals surface area contributed by atoms with Gasteiger partial charge in [0, 0.05) is 18.3 Å². The zero-order chi connectivity index (χ0) is 14.7. The molecule has 1 atom stereocenters. The molecular weight excluding hydrogens is 266 g/mol. The number of anilines is 2. The minimum atomic E-state index is -0.135. The number of carbonyl (C=O) groups is 1. The van der Waals surface area contributed by atoms with Gasteiger partial charge in [0.25, 0.3) is 0 Å². The van der Waals surface area contributed by atoms with E-state index in [9.17, 15) is 4.79 Å². The molecule has 1 aliphatic heterocycles. The molecule has 3 rings (SSSR count). The molecule has 2 aromatic rings. The molecule has 2 heterocycles. The second-order valence-corrected chi connectivity index (χ2v) is 4.93. The van der Waals surface area contributed by atoms with Crippen molar-refractivity contribution in [1.82, 2.24) is 4.98 Å². The first-order valence-corrected chi connectivity index (χ1v) is 6.91. The third-order valence-electron chi connectivity index (χ3n) is 3.61. The lowest BCUT2D eigenvalue weighted by Gasteiger charge is -2.25. The van der Waals surface area contributed by atoms with Crippen LogP contribution in [0.4, 0.5) is 11.4 Å². The third kappa shape index (κ3) is 2.81. The van der Waals surface area contributed by atoms with Crippen LogP contribution in [0.15, 0.2) is 42.6 Å². The fourth-order valence-corrected chi connectivity index (χ4v) is 2.55. The molecule has 0 bridgehead atoms. The highest BCUT2D eigenvalue weighted by Crippen LogP contribution is 2.32. The molecule has 0 spiro atoms. The van der Waals surface area contributed by atoms with Gasteiger partial charge in [0.2, 0.25) is 11.8 Å². The quantitative estimate of drug-likeness (QED) is 0.909. The van der Waals surface area contributed by atoms with E-state index < -0.39 is 0 Å². The highest BCUT2D eigenvalue weighted by Gasteiger charge is 2.26. The third-order valence-corrected chi connectivity index (χ3v) is 3.61. The summed E-state index contributed by atoms with van der Waals surface area (Å²) in [6.07, 6.45) is 2.39. The van der Waals surface area contributed by atoms with Gasteiger partial charge in [-0.3, -0.25) is 4.79 Å². The normalized spacial score (nSPS) is 16.5. The summed E-state index contributed by atoms with van der Waals surface area (Å²) >= 11 is 0. The number of amides is 1. The van der Waals surface area contributed by atoms with E-state index in [-0.39, 0.29) is 11.8 Å². The topological polar surface area (TPSA) is 63.2 Å². The van der Waals surface area contributed by atoms with Crippen molar-refractivity contribution in [2.24, 2.45) is 0 Å². The first-order chi connectivity index (χ1) is 10.3. The number of benzene rings is 1. The largest absolute Gasteiger partial charge is 0.481 e. The molecular formula is C16H17N3O2. The maximum Gasteiger partial charge on any atom is 0.232 e. The molecule has 1 amide bonds. The lowest BCUT2D eigenvalue weighted by molar-refractivity contribution is -0.117. The van der Waals surface area contributed by atoms with Crippen LogP contribution in [-0.2, 0) is 4.79 Å². The van der Waals surface area contributed by atoms with Crippen LogP contribution < -0.4 is 15.4 Å². The van der Waals surface area contributed by atoms with E-state index >= 15 is 0 Å². The standard InChI is InChI=1S/C16H17N3O2/c1-21-15-7-6-11(10-18-15)19-16(20)13-8-9-17-14-5-3-2-4-12(13)14/h2-7,10,13,17H,8-9H2,1H3,(H,19,20). The second kappa shape index (κ2) is 5.83. The lowest BCUT2D eigenvalue weighted by atomic mass is 9.90. The number of aromatic nitrogens is 1. The first-order valence-electron chi connectivity index (χ1n) is 6.91. The van der Waals surface area contributed by atoms with Gasteiger partial charge in [-0.1, -0.05) is 18.2 Å². The van der Waals surface area contributed by atoms with Crippen molar-refractivity contribution in [3.8, 4) is 5.88 Å². The number of methoxy groups -OCH3 is 1.